The molecule has 0 spiro atoms. The molecule has 0 saturated heterocycles. The van der Waals surface area contributed by atoms with Crippen molar-refractivity contribution in [3.05, 3.63) is 107 Å². The highest BCUT2D eigenvalue weighted by molar-refractivity contribution is 6.30. The number of nitrogens with zero attached hydrogens (tertiary/aromatic N) is 2. The average molecular weight is 571 g/mol. The molecule has 0 fully saturated rings. The van der Waals surface area contributed by atoms with Crippen molar-refractivity contribution in [1.82, 2.24) is 9.88 Å². The van der Waals surface area contributed by atoms with Gasteiger partial charge in [-0.25, -0.2) is 14.4 Å². The number of halogens is 1. The van der Waals surface area contributed by atoms with Crippen molar-refractivity contribution in [2.24, 2.45) is 0 Å². The van der Waals surface area contributed by atoms with Gasteiger partial charge in [-0.2, -0.15) is 0 Å². The summed E-state index contributed by atoms with van der Waals surface area (Å²) in [5, 5.41) is 25.1. The number of ether oxygens (including phenoxy) is 1. The zero-order valence-corrected chi connectivity index (χ0v) is 23.0. The van der Waals surface area contributed by atoms with Crippen LogP contribution in [0.4, 0.5) is 0 Å². The zero-order valence-electron chi connectivity index (χ0n) is 22.2. The maximum atomic E-state index is 10.6. The summed E-state index contributed by atoms with van der Waals surface area (Å²) in [6.07, 6.45) is 4.02. The van der Waals surface area contributed by atoms with E-state index >= 15 is 0 Å². The van der Waals surface area contributed by atoms with E-state index < -0.39 is 23.9 Å². The summed E-state index contributed by atoms with van der Waals surface area (Å²) in [4.78, 5) is 47.0. The van der Waals surface area contributed by atoms with Gasteiger partial charge < -0.3 is 25.0 Å². The van der Waals surface area contributed by atoms with E-state index in [9.17, 15) is 19.2 Å². The van der Waals surface area contributed by atoms with E-state index in [-0.39, 0.29) is 11.3 Å². The van der Waals surface area contributed by atoms with Crippen LogP contribution in [-0.4, -0.2) is 69.7 Å². The van der Waals surface area contributed by atoms with E-state index in [1.165, 1.54) is 24.6 Å². The van der Waals surface area contributed by atoms with Crippen LogP contribution in [0.1, 0.15) is 40.9 Å². The molecule has 0 radical (unpaired) electrons. The minimum absolute atomic E-state index is 0.0160. The average Bonchev–Trinajstić information content (AvgIpc) is 2.90. The number of carbonyl (C=O) groups excluding carboxylic acids is 1. The van der Waals surface area contributed by atoms with Crippen molar-refractivity contribution in [2.45, 2.75) is 19.3 Å². The van der Waals surface area contributed by atoms with Gasteiger partial charge in [-0.3, -0.25) is 9.78 Å². The van der Waals surface area contributed by atoms with Crippen molar-refractivity contribution in [3.63, 3.8) is 0 Å². The molecule has 1 heterocycles. The molecule has 0 aliphatic carbocycles. The Morgan fingerprint density at radius 1 is 0.900 bits per heavy atom. The van der Waals surface area contributed by atoms with Crippen molar-refractivity contribution in [2.75, 3.05) is 20.6 Å². The topological polar surface area (TPSA) is 154 Å². The maximum absolute atomic E-state index is 10.6. The third-order valence-electron chi connectivity index (χ3n) is 4.92. The summed E-state index contributed by atoms with van der Waals surface area (Å²) in [5.74, 6) is -3.77. The molecule has 3 aromatic rings. The van der Waals surface area contributed by atoms with Gasteiger partial charge in [0.1, 0.15) is 11.3 Å². The number of aromatic nitrogens is 1. The van der Waals surface area contributed by atoms with E-state index in [0.29, 0.717) is 18.1 Å². The monoisotopic (exact) mass is 570 g/mol. The first-order valence-electron chi connectivity index (χ1n) is 11.9. The first kappa shape index (κ1) is 33.5. The van der Waals surface area contributed by atoms with Gasteiger partial charge in [0, 0.05) is 41.9 Å². The SMILES string of the molecule is CC(=O)Oc1ccccc1C(=O)O.CN(C)CCC(c1ccc(Cl)cc1)c1ccccn1.O=C(O)/C=C\C(=O)O. The lowest BCUT2D eigenvalue weighted by molar-refractivity contribution is -0.134. The summed E-state index contributed by atoms with van der Waals surface area (Å²) >= 11 is 5.97. The van der Waals surface area contributed by atoms with Crippen molar-refractivity contribution < 1.29 is 39.2 Å². The molecule has 0 bridgehead atoms. The Morgan fingerprint density at radius 3 is 1.95 bits per heavy atom. The van der Waals surface area contributed by atoms with Crippen LogP contribution in [0.3, 0.4) is 0 Å². The van der Waals surface area contributed by atoms with Crippen molar-refractivity contribution >= 4 is 35.5 Å². The second kappa shape index (κ2) is 17.9. The number of esters is 1. The molecular formula is C29H31ClN2O8. The molecule has 1 aromatic heterocycles. The van der Waals surface area contributed by atoms with Crippen LogP contribution in [0.15, 0.2) is 85.1 Å². The van der Waals surface area contributed by atoms with E-state index in [1.807, 2.05) is 30.5 Å². The quantitative estimate of drug-likeness (QED) is 0.185. The summed E-state index contributed by atoms with van der Waals surface area (Å²) in [6.45, 7) is 2.25. The number of pyridine rings is 1. The lowest BCUT2D eigenvalue weighted by Crippen LogP contribution is -2.17. The normalized spacial score (nSPS) is 10.9. The Kier molecular flexibility index (Phi) is 15.0. The Hall–Kier alpha value is -4.54. The lowest BCUT2D eigenvalue weighted by atomic mass is 9.92. The molecule has 212 valence electrons. The van der Waals surface area contributed by atoms with E-state index in [2.05, 4.69) is 46.9 Å². The number of hydrogen-bond donors (Lipinski definition) is 3. The number of carboxylic acid groups (broad SMARTS) is 3. The Labute approximate surface area is 237 Å². The lowest BCUT2D eigenvalue weighted by Gasteiger charge is -2.19. The Morgan fingerprint density at radius 2 is 1.48 bits per heavy atom. The van der Waals surface area contributed by atoms with Crippen LogP contribution in [0.5, 0.6) is 5.75 Å². The van der Waals surface area contributed by atoms with Crippen LogP contribution < -0.4 is 4.74 Å². The molecule has 11 heteroatoms. The summed E-state index contributed by atoms with van der Waals surface area (Å²) in [7, 11) is 4.19. The Balaban J connectivity index is 0.000000331. The number of rotatable bonds is 9. The summed E-state index contributed by atoms with van der Waals surface area (Å²) < 4.78 is 4.69. The highest BCUT2D eigenvalue weighted by Crippen LogP contribution is 2.27. The molecule has 0 amide bonds. The third-order valence-corrected chi connectivity index (χ3v) is 5.17. The number of hydrogen-bond acceptors (Lipinski definition) is 7. The van der Waals surface area contributed by atoms with Gasteiger partial charge in [-0.05, 0) is 69.0 Å². The fourth-order valence-electron chi connectivity index (χ4n) is 3.18. The fraction of sp³-hybridized carbons (Fsp3) is 0.207. The van der Waals surface area contributed by atoms with Gasteiger partial charge in [0.2, 0.25) is 0 Å². The first-order valence-corrected chi connectivity index (χ1v) is 12.2. The second-order valence-corrected chi connectivity index (χ2v) is 8.79. The van der Waals surface area contributed by atoms with Crippen molar-refractivity contribution in [3.8, 4) is 5.75 Å². The van der Waals surface area contributed by atoms with Crippen LogP contribution in [0.25, 0.3) is 0 Å². The van der Waals surface area contributed by atoms with Gasteiger partial charge in [0.15, 0.2) is 0 Å². The van der Waals surface area contributed by atoms with Gasteiger partial charge in [-0.1, -0.05) is 41.9 Å². The van der Waals surface area contributed by atoms with Crippen LogP contribution in [0, 0.1) is 0 Å². The van der Waals surface area contributed by atoms with Crippen LogP contribution in [-0.2, 0) is 14.4 Å². The van der Waals surface area contributed by atoms with Gasteiger partial charge >= 0.3 is 23.9 Å². The van der Waals surface area contributed by atoms with E-state index in [4.69, 9.17) is 26.9 Å². The molecule has 3 rings (SSSR count). The van der Waals surface area contributed by atoms with E-state index in [1.54, 1.807) is 12.1 Å². The molecule has 0 aliphatic heterocycles. The predicted molar refractivity (Wildman–Crippen MR) is 150 cm³/mol. The number of carbonyl (C=O) groups is 4. The number of benzene rings is 2. The molecule has 1 unspecified atom stereocenters. The molecule has 0 aliphatic rings. The zero-order chi connectivity index (χ0) is 30.1. The molecule has 40 heavy (non-hydrogen) atoms. The fourth-order valence-corrected chi connectivity index (χ4v) is 3.31. The second-order valence-electron chi connectivity index (χ2n) is 8.36. The molecule has 1 atom stereocenters. The number of carboxylic acids is 3. The standard InChI is InChI=1S/C16H19ClN2.C9H8O4.C4H4O4/c1-19(2)12-10-15(16-5-3-4-11-18-16)13-6-8-14(17)9-7-13;1-6(10)13-8-5-3-2-4-7(8)9(11)12;5-3(6)1-2-4(7)8/h3-9,11,15H,10,12H2,1-2H3;2-5H,1H3,(H,11,12);1-2H,(H,5,6)(H,7,8)/b;;2-1-. The Bertz CT molecular complexity index is 1260. The van der Waals surface area contributed by atoms with E-state index in [0.717, 1.165) is 23.7 Å². The molecule has 2 aromatic carbocycles. The van der Waals surface area contributed by atoms with Crippen molar-refractivity contribution in [1.29, 1.82) is 0 Å². The number of aromatic carboxylic acids is 1. The molecule has 10 nitrogen and oxygen atoms in total. The van der Waals surface area contributed by atoms with Crippen LogP contribution >= 0.6 is 11.6 Å². The predicted octanol–water partition coefficient (Wildman–Crippen LogP) is 4.84. The summed E-state index contributed by atoms with van der Waals surface area (Å²) in [6, 6.07) is 20.1. The molecule has 0 saturated carbocycles. The van der Waals surface area contributed by atoms with Crippen LogP contribution in [0.2, 0.25) is 5.02 Å². The first-order chi connectivity index (χ1) is 18.9. The van der Waals surface area contributed by atoms with Gasteiger partial charge in [0.05, 0.1) is 0 Å². The number of aliphatic carboxylic acids is 2. The minimum Gasteiger partial charge on any atom is -0.478 e. The molecule has 3 N–H and O–H groups in total. The molecular weight excluding hydrogens is 540 g/mol. The highest BCUT2D eigenvalue weighted by atomic mass is 35.5. The van der Waals surface area contributed by atoms with Gasteiger partial charge in [0.25, 0.3) is 0 Å². The summed E-state index contributed by atoms with van der Waals surface area (Å²) in [5.41, 5.74) is 2.37. The highest BCUT2D eigenvalue weighted by Gasteiger charge is 2.15. The largest absolute Gasteiger partial charge is 0.478 e. The number of para-hydroxylation sites is 1. The smallest absolute Gasteiger partial charge is 0.339 e. The van der Waals surface area contributed by atoms with Gasteiger partial charge in [-0.15, -0.1) is 0 Å². The minimum atomic E-state index is -1.26. The third kappa shape index (κ3) is 13.8. The maximum Gasteiger partial charge on any atom is 0.339 e.